The van der Waals surface area contributed by atoms with Crippen molar-refractivity contribution in [2.24, 2.45) is 5.92 Å². The third-order valence-electron chi connectivity index (χ3n) is 3.91. The molecule has 0 amide bonds. The molecule has 98 valence electrons. The lowest BCUT2D eigenvalue weighted by Gasteiger charge is -2.37. The third kappa shape index (κ3) is 3.68. The maximum Gasteiger partial charge on any atom is 0.320 e. The summed E-state index contributed by atoms with van der Waals surface area (Å²) in [6.45, 7) is 7.22. The summed E-state index contributed by atoms with van der Waals surface area (Å²) in [6.07, 6.45) is 4.51. The van der Waals surface area contributed by atoms with Crippen LogP contribution in [0.5, 0.6) is 0 Å². The molecule has 2 aliphatic rings. The van der Waals surface area contributed by atoms with Crippen LogP contribution in [0.4, 0.5) is 0 Å². The predicted molar refractivity (Wildman–Crippen MR) is 67.1 cm³/mol. The largest absolute Gasteiger partial charge is 0.480 e. The molecule has 4 nitrogen and oxygen atoms in total. The smallest absolute Gasteiger partial charge is 0.320 e. The lowest BCUT2D eigenvalue weighted by molar-refractivity contribution is -0.144. The van der Waals surface area contributed by atoms with E-state index in [2.05, 4.69) is 16.7 Å². The highest BCUT2D eigenvalue weighted by molar-refractivity contribution is 5.73. The van der Waals surface area contributed by atoms with E-state index in [0.717, 1.165) is 44.9 Å². The molecule has 1 heterocycles. The number of hydrogen-bond donors (Lipinski definition) is 1. The average Bonchev–Trinajstić information content (AvgIpc) is 3.11. The number of carboxylic acid groups (broad SMARTS) is 1. The highest BCUT2D eigenvalue weighted by Crippen LogP contribution is 2.30. The van der Waals surface area contributed by atoms with Crippen LogP contribution in [0.15, 0.2) is 0 Å². The fraction of sp³-hybridized carbons (Fsp3) is 0.923. The van der Waals surface area contributed by atoms with Crippen molar-refractivity contribution in [1.82, 2.24) is 9.80 Å². The molecule has 0 bridgehead atoms. The van der Waals surface area contributed by atoms with Crippen molar-refractivity contribution in [2.45, 2.75) is 38.6 Å². The lowest BCUT2D eigenvalue weighted by Crippen LogP contribution is -2.52. The molecule has 4 heteroatoms. The standard InChI is InChI=1S/C13H24N2O2/c1-2-3-12(13(16)17)15-8-6-14(7-9-15)10-11-4-5-11/h11-12H,2-10H2,1H3,(H,16,17). The quantitative estimate of drug-likeness (QED) is 0.759. The van der Waals surface area contributed by atoms with Gasteiger partial charge in [0.05, 0.1) is 0 Å². The number of carboxylic acids is 1. The molecule has 2 fully saturated rings. The van der Waals surface area contributed by atoms with Crippen LogP contribution in [0.3, 0.4) is 0 Å². The summed E-state index contributed by atoms with van der Waals surface area (Å²) in [4.78, 5) is 15.8. The Morgan fingerprint density at radius 1 is 1.29 bits per heavy atom. The molecule has 0 radical (unpaired) electrons. The molecule has 1 aliphatic heterocycles. The summed E-state index contributed by atoms with van der Waals surface area (Å²) >= 11 is 0. The summed E-state index contributed by atoms with van der Waals surface area (Å²) < 4.78 is 0. The van der Waals surface area contributed by atoms with Crippen molar-refractivity contribution in [3.8, 4) is 0 Å². The number of hydrogen-bond acceptors (Lipinski definition) is 3. The Bertz CT molecular complexity index is 258. The van der Waals surface area contributed by atoms with Crippen LogP contribution in [-0.2, 0) is 4.79 Å². The summed E-state index contributed by atoms with van der Waals surface area (Å²) in [5, 5.41) is 9.22. The molecule has 1 saturated heterocycles. The van der Waals surface area contributed by atoms with Crippen molar-refractivity contribution in [1.29, 1.82) is 0 Å². The highest BCUT2D eigenvalue weighted by atomic mass is 16.4. The van der Waals surface area contributed by atoms with Crippen molar-refractivity contribution < 1.29 is 9.90 Å². The first-order chi connectivity index (χ1) is 8.20. The monoisotopic (exact) mass is 240 g/mol. The van der Waals surface area contributed by atoms with Crippen molar-refractivity contribution in [3.63, 3.8) is 0 Å². The van der Waals surface area contributed by atoms with Crippen molar-refractivity contribution in [3.05, 3.63) is 0 Å². The maximum absolute atomic E-state index is 11.2. The van der Waals surface area contributed by atoms with Gasteiger partial charge in [0.25, 0.3) is 0 Å². The second-order valence-electron chi connectivity index (χ2n) is 5.42. The second kappa shape index (κ2) is 5.83. The minimum atomic E-state index is -0.650. The Morgan fingerprint density at radius 2 is 1.94 bits per heavy atom. The van der Waals surface area contributed by atoms with E-state index in [0.29, 0.717) is 0 Å². The van der Waals surface area contributed by atoms with E-state index in [1.807, 2.05) is 0 Å². The van der Waals surface area contributed by atoms with Crippen LogP contribution in [0.2, 0.25) is 0 Å². The Hall–Kier alpha value is -0.610. The van der Waals surface area contributed by atoms with Gasteiger partial charge in [-0.15, -0.1) is 0 Å². The van der Waals surface area contributed by atoms with Crippen LogP contribution in [0.1, 0.15) is 32.6 Å². The Balaban J connectivity index is 1.77. The fourth-order valence-corrected chi connectivity index (χ4v) is 2.66. The minimum absolute atomic E-state index is 0.261. The van der Waals surface area contributed by atoms with Gasteiger partial charge in [0.1, 0.15) is 6.04 Å². The van der Waals surface area contributed by atoms with E-state index >= 15 is 0 Å². The van der Waals surface area contributed by atoms with Crippen LogP contribution in [-0.4, -0.2) is 59.6 Å². The van der Waals surface area contributed by atoms with Gasteiger partial charge in [0, 0.05) is 32.7 Å². The van der Waals surface area contributed by atoms with Gasteiger partial charge in [-0.05, 0) is 25.2 Å². The molecule has 1 unspecified atom stereocenters. The van der Waals surface area contributed by atoms with E-state index in [9.17, 15) is 9.90 Å². The van der Waals surface area contributed by atoms with Gasteiger partial charge in [-0.2, -0.15) is 0 Å². The molecule has 1 N–H and O–H groups in total. The Morgan fingerprint density at radius 3 is 2.41 bits per heavy atom. The zero-order valence-electron chi connectivity index (χ0n) is 10.8. The summed E-state index contributed by atoms with van der Waals surface area (Å²) in [7, 11) is 0. The molecular weight excluding hydrogens is 216 g/mol. The fourth-order valence-electron chi connectivity index (χ4n) is 2.66. The molecule has 0 aromatic heterocycles. The minimum Gasteiger partial charge on any atom is -0.480 e. The average molecular weight is 240 g/mol. The zero-order chi connectivity index (χ0) is 12.3. The Kier molecular flexibility index (Phi) is 4.40. The van der Waals surface area contributed by atoms with Gasteiger partial charge < -0.3 is 10.0 Å². The molecule has 0 spiro atoms. The molecule has 1 saturated carbocycles. The molecule has 1 atom stereocenters. The summed E-state index contributed by atoms with van der Waals surface area (Å²) in [5.74, 6) is 0.287. The van der Waals surface area contributed by atoms with Gasteiger partial charge in [0.15, 0.2) is 0 Å². The number of aliphatic carboxylic acids is 1. The molecule has 1 aliphatic carbocycles. The summed E-state index contributed by atoms with van der Waals surface area (Å²) in [5.41, 5.74) is 0. The van der Waals surface area contributed by atoms with E-state index in [1.54, 1.807) is 0 Å². The van der Waals surface area contributed by atoms with Gasteiger partial charge >= 0.3 is 5.97 Å². The molecule has 2 rings (SSSR count). The first-order valence-corrected chi connectivity index (χ1v) is 6.90. The number of carbonyl (C=O) groups is 1. The number of rotatable bonds is 6. The van der Waals surface area contributed by atoms with Crippen LogP contribution < -0.4 is 0 Å². The van der Waals surface area contributed by atoms with Gasteiger partial charge in [-0.25, -0.2) is 0 Å². The first-order valence-electron chi connectivity index (χ1n) is 6.90. The van der Waals surface area contributed by atoms with Crippen LogP contribution in [0, 0.1) is 5.92 Å². The topological polar surface area (TPSA) is 43.8 Å². The maximum atomic E-state index is 11.2. The molecular formula is C13H24N2O2. The number of piperazine rings is 1. The molecule has 0 aromatic rings. The normalized spacial score (nSPS) is 24.8. The number of nitrogens with zero attached hydrogens (tertiary/aromatic N) is 2. The van der Waals surface area contributed by atoms with E-state index in [4.69, 9.17) is 0 Å². The van der Waals surface area contributed by atoms with E-state index < -0.39 is 5.97 Å². The Labute approximate surface area is 104 Å². The summed E-state index contributed by atoms with van der Waals surface area (Å²) in [6, 6.07) is -0.261. The van der Waals surface area contributed by atoms with Crippen molar-refractivity contribution >= 4 is 5.97 Å². The lowest BCUT2D eigenvalue weighted by atomic mass is 10.1. The zero-order valence-corrected chi connectivity index (χ0v) is 10.8. The second-order valence-corrected chi connectivity index (χ2v) is 5.42. The van der Waals surface area contributed by atoms with Crippen LogP contribution >= 0.6 is 0 Å². The molecule has 0 aromatic carbocycles. The van der Waals surface area contributed by atoms with E-state index in [-0.39, 0.29) is 6.04 Å². The molecule has 17 heavy (non-hydrogen) atoms. The first kappa shape index (κ1) is 12.8. The predicted octanol–water partition coefficient (Wildman–Crippen LogP) is 1.27. The van der Waals surface area contributed by atoms with E-state index in [1.165, 1.54) is 19.4 Å². The third-order valence-corrected chi connectivity index (χ3v) is 3.91. The van der Waals surface area contributed by atoms with Crippen molar-refractivity contribution in [2.75, 3.05) is 32.7 Å². The highest BCUT2D eigenvalue weighted by Gasteiger charge is 2.30. The van der Waals surface area contributed by atoms with Gasteiger partial charge in [0.2, 0.25) is 0 Å². The van der Waals surface area contributed by atoms with Gasteiger partial charge in [-0.1, -0.05) is 13.3 Å². The SMILES string of the molecule is CCCC(C(=O)O)N1CCN(CC2CC2)CC1. The van der Waals surface area contributed by atoms with Crippen LogP contribution in [0.25, 0.3) is 0 Å². The van der Waals surface area contributed by atoms with Gasteiger partial charge in [-0.3, -0.25) is 9.69 Å².